The predicted molar refractivity (Wildman–Crippen MR) is 68.2 cm³/mol. The second kappa shape index (κ2) is 5.60. The van der Waals surface area contributed by atoms with Crippen LogP contribution in [-0.4, -0.2) is 23.2 Å². The lowest BCUT2D eigenvalue weighted by Gasteiger charge is -2.11. The molecule has 1 aliphatic rings. The summed E-state index contributed by atoms with van der Waals surface area (Å²) in [5.41, 5.74) is 2.26. The van der Waals surface area contributed by atoms with Crippen LogP contribution in [0.5, 0.6) is 5.75 Å². The van der Waals surface area contributed by atoms with Crippen LogP contribution in [0.25, 0.3) is 0 Å². The van der Waals surface area contributed by atoms with Gasteiger partial charge in [-0.05, 0) is 41.2 Å². The maximum Gasteiger partial charge on any atom is 0.122 e. The third kappa shape index (κ3) is 2.71. The van der Waals surface area contributed by atoms with Crippen LogP contribution in [0, 0.1) is 0 Å². The van der Waals surface area contributed by atoms with Gasteiger partial charge in [-0.1, -0.05) is 13.0 Å². The fraction of sp³-hybridized carbons (Fsp3) is 0.538. The Morgan fingerprint density at radius 3 is 3.19 bits per heavy atom. The van der Waals surface area contributed by atoms with E-state index in [2.05, 4.69) is 13.0 Å². The van der Waals surface area contributed by atoms with Gasteiger partial charge in [0, 0.05) is 6.42 Å². The molecule has 1 heterocycles. The van der Waals surface area contributed by atoms with Gasteiger partial charge in [0.15, 0.2) is 0 Å². The molecular weight excluding hydrogens is 220 g/mol. The molecule has 0 aliphatic carbocycles. The van der Waals surface area contributed by atoms with Crippen molar-refractivity contribution in [2.45, 2.75) is 25.9 Å². The van der Waals surface area contributed by atoms with Crippen molar-refractivity contribution < 1.29 is 9.84 Å². The monoisotopic (exact) mass is 238 g/mol. The van der Waals surface area contributed by atoms with E-state index >= 15 is 0 Å². The first kappa shape index (κ1) is 11.8. The summed E-state index contributed by atoms with van der Waals surface area (Å²) >= 11 is 1.87. The Labute approximate surface area is 101 Å². The summed E-state index contributed by atoms with van der Waals surface area (Å²) in [7, 11) is 0. The zero-order valence-corrected chi connectivity index (χ0v) is 10.4. The molecule has 1 aromatic rings. The minimum absolute atomic E-state index is 0.329. The molecule has 88 valence electrons. The molecule has 1 N–H and O–H groups in total. The van der Waals surface area contributed by atoms with E-state index < -0.39 is 0 Å². The maximum atomic E-state index is 10.0. The first-order chi connectivity index (χ1) is 7.81. The molecule has 2 rings (SSSR count). The number of aliphatic hydroxyl groups is 1. The molecule has 0 saturated heterocycles. The standard InChI is InChI=1S/C13H18O2S/c1-2-16-8-6-12(14)10-3-4-13-11(9-10)5-7-15-13/h3-4,9,12,14H,2,5-8H2,1H3. The minimum atomic E-state index is -0.329. The molecule has 1 aromatic carbocycles. The molecule has 0 radical (unpaired) electrons. The average Bonchev–Trinajstić information content (AvgIpc) is 2.76. The summed E-state index contributed by atoms with van der Waals surface area (Å²) < 4.78 is 5.45. The van der Waals surface area contributed by atoms with E-state index in [0.717, 1.165) is 42.3 Å². The molecule has 0 amide bonds. The largest absolute Gasteiger partial charge is 0.493 e. The van der Waals surface area contributed by atoms with E-state index in [1.54, 1.807) is 0 Å². The molecular formula is C13H18O2S. The van der Waals surface area contributed by atoms with E-state index in [4.69, 9.17) is 4.74 Å². The molecule has 0 fully saturated rings. The lowest BCUT2D eigenvalue weighted by atomic mass is 10.0. The summed E-state index contributed by atoms with van der Waals surface area (Å²) in [6, 6.07) is 6.04. The summed E-state index contributed by atoms with van der Waals surface area (Å²) in [5, 5.41) is 10.0. The van der Waals surface area contributed by atoms with Gasteiger partial charge < -0.3 is 9.84 Å². The second-order valence-corrected chi connectivity index (χ2v) is 5.36. The summed E-state index contributed by atoms with van der Waals surface area (Å²) in [6.45, 7) is 2.92. The lowest BCUT2D eigenvalue weighted by molar-refractivity contribution is 0.175. The topological polar surface area (TPSA) is 29.5 Å². The van der Waals surface area contributed by atoms with E-state index in [-0.39, 0.29) is 6.10 Å². The van der Waals surface area contributed by atoms with E-state index in [1.165, 1.54) is 5.56 Å². The number of hydrogen-bond donors (Lipinski definition) is 1. The molecule has 3 heteroatoms. The minimum Gasteiger partial charge on any atom is -0.493 e. The third-order valence-corrected chi connectivity index (χ3v) is 3.77. The van der Waals surface area contributed by atoms with Gasteiger partial charge in [-0.25, -0.2) is 0 Å². The van der Waals surface area contributed by atoms with Crippen molar-refractivity contribution in [2.75, 3.05) is 18.1 Å². The zero-order chi connectivity index (χ0) is 11.4. The number of aliphatic hydroxyl groups excluding tert-OH is 1. The second-order valence-electron chi connectivity index (χ2n) is 3.97. The number of benzene rings is 1. The first-order valence-electron chi connectivity index (χ1n) is 5.82. The van der Waals surface area contributed by atoms with Crippen LogP contribution < -0.4 is 4.74 Å². The van der Waals surface area contributed by atoms with E-state index in [0.29, 0.717) is 0 Å². The van der Waals surface area contributed by atoms with Gasteiger partial charge in [0.25, 0.3) is 0 Å². The number of ether oxygens (including phenoxy) is 1. The molecule has 1 aliphatic heterocycles. The predicted octanol–water partition coefficient (Wildman–Crippen LogP) is 2.80. The van der Waals surface area contributed by atoms with E-state index in [9.17, 15) is 5.11 Å². The molecule has 1 unspecified atom stereocenters. The molecule has 0 aromatic heterocycles. The van der Waals surface area contributed by atoms with Crippen molar-refractivity contribution in [1.82, 2.24) is 0 Å². The fourth-order valence-corrected chi connectivity index (χ4v) is 2.60. The van der Waals surface area contributed by atoms with Gasteiger partial charge in [0.05, 0.1) is 12.7 Å². The van der Waals surface area contributed by atoms with Crippen molar-refractivity contribution in [2.24, 2.45) is 0 Å². The van der Waals surface area contributed by atoms with Crippen molar-refractivity contribution >= 4 is 11.8 Å². The summed E-state index contributed by atoms with van der Waals surface area (Å²) in [6.07, 6.45) is 1.47. The van der Waals surface area contributed by atoms with Crippen LogP contribution in [0.3, 0.4) is 0 Å². The first-order valence-corrected chi connectivity index (χ1v) is 6.98. The van der Waals surface area contributed by atoms with Crippen LogP contribution in [0.4, 0.5) is 0 Å². The Morgan fingerprint density at radius 2 is 2.38 bits per heavy atom. The van der Waals surface area contributed by atoms with Crippen LogP contribution in [0.1, 0.15) is 30.6 Å². The molecule has 16 heavy (non-hydrogen) atoms. The molecule has 2 nitrogen and oxygen atoms in total. The van der Waals surface area contributed by atoms with Gasteiger partial charge >= 0.3 is 0 Å². The maximum absolute atomic E-state index is 10.0. The Morgan fingerprint density at radius 1 is 1.50 bits per heavy atom. The molecule has 0 saturated carbocycles. The highest BCUT2D eigenvalue weighted by Gasteiger charge is 2.15. The Kier molecular flexibility index (Phi) is 4.13. The van der Waals surface area contributed by atoms with Gasteiger partial charge in [-0.15, -0.1) is 0 Å². The highest BCUT2D eigenvalue weighted by molar-refractivity contribution is 7.99. The van der Waals surface area contributed by atoms with Crippen molar-refractivity contribution in [1.29, 1.82) is 0 Å². The summed E-state index contributed by atoms with van der Waals surface area (Å²) in [5.74, 6) is 3.12. The SMILES string of the molecule is CCSCCC(O)c1ccc2c(c1)CCO2. The molecule has 1 atom stereocenters. The van der Waals surface area contributed by atoms with Crippen molar-refractivity contribution in [3.05, 3.63) is 29.3 Å². The number of thioether (sulfide) groups is 1. The van der Waals surface area contributed by atoms with Gasteiger partial charge in [-0.3, -0.25) is 0 Å². The number of fused-ring (bicyclic) bond motifs is 1. The van der Waals surface area contributed by atoms with Gasteiger partial charge in [-0.2, -0.15) is 11.8 Å². The highest BCUT2D eigenvalue weighted by Crippen LogP contribution is 2.29. The summed E-state index contributed by atoms with van der Waals surface area (Å²) in [4.78, 5) is 0. The Hall–Kier alpha value is -0.670. The highest BCUT2D eigenvalue weighted by atomic mass is 32.2. The number of hydrogen-bond acceptors (Lipinski definition) is 3. The molecule has 0 spiro atoms. The average molecular weight is 238 g/mol. The third-order valence-electron chi connectivity index (χ3n) is 2.84. The normalized spacial score (nSPS) is 15.6. The van der Waals surface area contributed by atoms with Gasteiger partial charge in [0.1, 0.15) is 5.75 Å². The van der Waals surface area contributed by atoms with Crippen LogP contribution in [0.2, 0.25) is 0 Å². The van der Waals surface area contributed by atoms with Crippen molar-refractivity contribution in [3.8, 4) is 5.75 Å². The van der Waals surface area contributed by atoms with Crippen LogP contribution in [-0.2, 0) is 6.42 Å². The van der Waals surface area contributed by atoms with Crippen LogP contribution in [0.15, 0.2) is 18.2 Å². The smallest absolute Gasteiger partial charge is 0.122 e. The fourth-order valence-electron chi connectivity index (χ4n) is 1.92. The van der Waals surface area contributed by atoms with E-state index in [1.807, 2.05) is 23.9 Å². The number of rotatable bonds is 5. The lowest BCUT2D eigenvalue weighted by Crippen LogP contribution is -1.99. The van der Waals surface area contributed by atoms with Gasteiger partial charge in [0.2, 0.25) is 0 Å². The Bertz CT molecular complexity index is 352. The quantitative estimate of drug-likeness (QED) is 0.800. The van der Waals surface area contributed by atoms with Crippen molar-refractivity contribution in [3.63, 3.8) is 0 Å². The zero-order valence-electron chi connectivity index (χ0n) is 9.61. The van der Waals surface area contributed by atoms with Crippen LogP contribution >= 0.6 is 11.8 Å². The molecule has 0 bridgehead atoms. The Balaban J connectivity index is 1.98.